The van der Waals surface area contributed by atoms with Gasteiger partial charge in [-0.2, -0.15) is 0 Å². The number of aryl methyl sites for hydroxylation is 1. The summed E-state index contributed by atoms with van der Waals surface area (Å²) in [4.78, 5) is 14.7. The third-order valence-corrected chi connectivity index (χ3v) is 5.91. The van der Waals surface area contributed by atoms with E-state index in [0.717, 1.165) is 18.5 Å². The molecule has 0 N–H and O–H groups in total. The van der Waals surface area contributed by atoms with Gasteiger partial charge in [-0.15, -0.1) is 0 Å². The van der Waals surface area contributed by atoms with Gasteiger partial charge in [-0.1, -0.05) is 88.8 Å². The molecule has 0 saturated carbocycles. The van der Waals surface area contributed by atoms with Crippen LogP contribution in [-0.2, 0) is 10.2 Å². The first-order chi connectivity index (χ1) is 12.0. The van der Waals surface area contributed by atoms with Gasteiger partial charge in [0.15, 0.2) is 0 Å². The molecule has 1 amide bonds. The van der Waals surface area contributed by atoms with Crippen LogP contribution in [0.1, 0.15) is 95.6 Å². The van der Waals surface area contributed by atoms with E-state index in [0.29, 0.717) is 0 Å². The number of carbonyl (C=O) groups is 1. The SMILES string of the molecule is CCCCCCCCCCCCC1(C)C(=O)N(C)c2ccc(C)cc21. The largest absolute Gasteiger partial charge is 0.314 e. The van der Waals surface area contributed by atoms with Gasteiger partial charge in [0.05, 0.1) is 5.41 Å². The second-order valence-corrected chi connectivity index (χ2v) is 8.15. The summed E-state index contributed by atoms with van der Waals surface area (Å²) in [6.45, 7) is 6.53. The number of likely N-dealkylation sites (N-methyl/N-ethyl adjacent to an activating group) is 1. The lowest BCUT2D eigenvalue weighted by atomic mass is 9.78. The Bertz CT molecular complexity index is 565. The average molecular weight is 344 g/mol. The van der Waals surface area contributed by atoms with Crippen molar-refractivity contribution in [1.29, 1.82) is 0 Å². The Balaban J connectivity index is 1.74. The lowest BCUT2D eigenvalue weighted by molar-refractivity contribution is -0.122. The van der Waals surface area contributed by atoms with Crippen LogP contribution in [0.25, 0.3) is 0 Å². The van der Waals surface area contributed by atoms with Gasteiger partial charge in [0.25, 0.3) is 0 Å². The molecule has 0 bridgehead atoms. The summed E-state index contributed by atoms with van der Waals surface area (Å²) in [5, 5.41) is 0. The Morgan fingerprint density at radius 3 is 2.08 bits per heavy atom. The third-order valence-electron chi connectivity index (χ3n) is 5.91. The Kier molecular flexibility index (Phi) is 7.53. The van der Waals surface area contributed by atoms with E-state index in [1.165, 1.54) is 68.9 Å². The number of amides is 1. The van der Waals surface area contributed by atoms with E-state index in [1.54, 1.807) is 0 Å². The van der Waals surface area contributed by atoms with Gasteiger partial charge >= 0.3 is 0 Å². The molecule has 0 saturated heterocycles. The van der Waals surface area contributed by atoms with Crippen molar-refractivity contribution in [2.24, 2.45) is 0 Å². The summed E-state index contributed by atoms with van der Waals surface area (Å²) in [5.74, 6) is 0.268. The monoisotopic (exact) mass is 343 g/mol. The molecule has 1 aromatic carbocycles. The molecule has 1 heterocycles. The van der Waals surface area contributed by atoms with Gasteiger partial charge in [0.1, 0.15) is 0 Å². The van der Waals surface area contributed by atoms with Crippen LogP contribution >= 0.6 is 0 Å². The van der Waals surface area contributed by atoms with Crippen LogP contribution < -0.4 is 4.90 Å². The van der Waals surface area contributed by atoms with E-state index in [-0.39, 0.29) is 11.3 Å². The van der Waals surface area contributed by atoms with Crippen LogP contribution in [0.5, 0.6) is 0 Å². The molecule has 2 nitrogen and oxygen atoms in total. The van der Waals surface area contributed by atoms with Gasteiger partial charge in [0.2, 0.25) is 5.91 Å². The molecule has 140 valence electrons. The maximum absolute atomic E-state index is 12.8. The fraction of sp³-hybridized carbons (Fsp3) is 0.696. The first kappa shape index (κ1) is 20.0. The first-order valence-electron chi connectivity index (χ1n) is 10.4. The van der Waals surface area contributed by atoms with Crippen molar-refractivity contribution in [1.82, 2.24) is 0 Å². The molecule has 1 aromatic rings. The second-order valence-electron chi connectivity index (χ2n) is 8.15. The highest BCUT2D eigenvalue weighted by molar-refractivity contribution is 6.07. The minimum absolute atomic E-state index is 0.268. The molecule has 2 rings (SSSR count). The summed E-state index contributed by atoms with van der Waals surface area (Å²) in [7, 11) is 1.92. The zero-order chi connectivity index (χ0) is 18.3. The molecule has 1 atom stereocenters. The van der Waals surface area contributed by atoms with Crippen LogP contribution in [-0.4, -0.2) is 13.0 Å². The third kappa shape index (κ3) is 4.86. The minimum atomic E-state index is -0.323. The predicted octanol–water partition coefficient (Wildman–Crippen LogP) is 6.54. The molecule has 0 spiro atoms. The molecule has 0 aliphatic carbocycles. The number of anilines is 1. The molecule has 0 radical (unpaired) electrons. The van der Waals surface area contributed by atoms with E-state index >= 15 is 0 Å². The quantitative estimate of drug-likeness (QED) is 0.418. The molecular formula is C23H37NO. The van der Waals surface area contributed by atoms with E-state index in [2.05, 4.69) is 39.0 Å². The van der Waals surface area contributed by atoms with Gasteiger partial charge in [-0.25, -0.2) is 0 Å². The van der Waals surface area contributed by atoms with E-state index in [1.807, 2.05) is 11.9 Å². The van der Waals surface area contributed by atoms with E-state index in [4.69, 9.17) is 0 Å². The topological polar surface area (TPSA) is 20.3 Å². The van der Waals surface area contributed by atoms with E-state index < -0.39 is 0 Å². The number of nitrogens with zero attached hydrogens (tertiary/aromatic N) is 1. The summed E-state index contributed by atoms with van der Waals surface area (Å²) < 4.78 is 0. The second kappa shape index (κ2) is 9.40. The van der Waals surface area contributed by atoms with Crippen LogP contribution in [0.15, 0.2) is 18.2 Å². The zero-order valence-corrected chi connectivity index (χ0v) is 16.9. The summed E-state index contributed by atoms with van der Waals surface area (Å²) in [6.07, 6.45) is 14.4. The normalized spacial score (nSPS) is 19.5. The summed E-state index contributed by atoms with van der Waals surface area (Å²) >= 11 is 0. The van der Waals surface area contributed by atoms with Crippen molar-refractivity contribution in [2.45, 2.75) is 96.8 Å². The van der Waals surface area contributed by atoms with Crippen molar-refractivity contribution >= 4 is 11.6 Å². The van der Waals surface area contributed by atoms with Gasteiger partial charge in [-0.3, -0.25) is 4.79 Å². The number of benzene rings is 1. The minimum Gasteiger partial charge on any atom is -0.314 e. The van der Waals surface area contributed by atoms with Crippen molar-refractivity contribution in [3.8, 4) is 0 Å². The van der Waals surface area contributed by atoms with Crippen molar-refractivity contribution in [2.75, 3.05) is 11.9 Å². The first-order valence-corrected chi connectivity index (χ1v) is 10.4. The number of rotatable bonds is 11. The fourth-order valence-electron chi connectivity index (χ4n) is 4.19. The Morgan fingerprint density at radius 2 is 1.48 bits per heavy atom. The highest BCUT2D eigenvalue weighted by atomic mass is 16.2. The van der Waals surface area contributed by atoms with Crippen LogP contribution in [0.4, 0.5) is 5.69 Å². The average Bonchev–Trinajstić information content (AvgIpc) is 2.78. The van der Waals surface area contributed by atoms with Crippen molar-refractivity contribution < 1.29 is 4.79 Å². The number of hydrogen-bond donors (Lipinski definition) is 0. The highest BCUT2D eigenvalue weighted by Crippen LogP contribution is 2.44. The molecular weight excluding hydrogens is 306 g/mol. The highest BCUT2D eigenvalue weighted by Gasteiger charge is 2.45. The van der Waals surface area contributed by atoms with Crippen molar-refractivity contribution in [3.05, 3.63) is 29.3 Å². The van der Waals surface area contributed by atoms with Crippen LogP contribution in [0.3, 0.4) is 0 Å². The van der Waals surface area contributed by atoms with Gasteiger partial charge < -0.3 is 4.90 Å². The van der Waals surface area contributed by atoms with E-state index in [9.17, 15) is 4.79 Å². The smallest absolute Gasteiger partial charge is 0.237 e. The van der Waals surface area contributed by atoms with Crippen LogP contribution in [0, 0.1) is 6.92 Å². The summed E-state index contributed by atoms with van der Waals surface area (Å²) in [6, 6.07) is 6.42. The van der Waals surface area contributed by atoms with Crippen molar-refractivity contribution in [3.63, 3.8) is 0 Å². The van der Waals surface area contributed by atoms with Gasteiger partial charge in [0, 0.05) is 12.7 Å². The molecule has 1 unspecified atom stereocenters. The maximum Gasteiger partial charge on any atom is 0.237 e. The number of carbonyl (C=O) groups excluding carboxylic acids is 1. The lowest BCUT2D eigenvalue weighted by Gasteiger charge is -2.23. The molecule has 1 aliphatic heterocycles. The molecule has 25 heavy (non-hydrogen) atoms. The standard InChI is InChI=1S/C23H37NO/c1-5-6-7-8-9-10-11-12-13-14-17-23(3)20-18-19(2)15-16-21(20)24(4)22(23)25/h15-16,18H,5-14,17H2,1-4H3. The summed E-state index contributed by atoms with van der Waals surface area (Å²) in [5.41, 5.74) is 3.26. The Hall–Kier alpha value is -1.31. The zero-order valence-electron chi connectivity index (χ0n) is 16.9. The Morgan fingerprint density at radius 1 is 0.920 bits per heavy atom. The molecule has 1 aliphatic rings. The number of hydrogen-bond acceptors (Lipinski definition) is 1. The predicted molar refractivity (Wildman–Crippen MR) is 108 cm³/mol. The lowest BCUT2D eigenvalue weighted by Crippen LogP contribution is -2.36. The van der Waals surface area contributed by atoms with Crippen LogP contribution in [0.2, 0.25) is 0 Å². The Labute approximate surface area is 155 Å². The van der Waals surface area contributed by atoms with Gasteiger partial charge in [-0.05, 0) is 31.9 Å². The fourth-order valence-corrected chi connectivity index (χ4v) is 4.19. The number of unbranched alkanes of at least 4 members (excludes halogenated alkanes) is 9. The number of fused-ring (bicyclic) bond motifs is 1. The maximum atomic E-state index is 12.8. The molecule has 0 fully saturated rings. The molecule has 0 aromatic heterocycles. The molecule has 2 heteroatoms.